The highest BCUT2D eigenvalue weighted by Gasteiger charge is 2.70. The maximum Gasteiger partial charge on any atom is 0.417 e. The number of benzene rings is 3. The molecule has 2 aliphatic heterocycles. The highest BCUT2D eigenvalue weighted by Crippen LogP contribution is 2.65. The number of nitrogens with one attached hydrogen (secondary N) is 1. The summed E-state index contributed by atoms with van der Waals surface area (Å²) in [7, 11) is 0. The lowest BCUT2D eigenvalue weighted by Gasteiger charge is -2.50. The number of allylic oxidation sites excluding steroid dienone is 2. The number of alkyl halides is 3. The van der Waals surface area contributed by atoms with Crippen molar-refractivity contribution in [2.75, 3.05) is 10.3 Å². The normalized spacial score (nSPS) is 25.8. The predicted octanol–water partition coefficient (Wildman–Crippen LogP) is 7.52. The monoisotopic (exact) mass is 805 g/mol. The predicted molar refractivity (Wildman–Crippen MR) is 195 cm³/mol. The molecule has 8 rings (SSSR count). The van der Waals surface area contributed by atoms with Crippen molar-refractivity contribution in [1.29, 1.82) is 0 Å². The fraction of sp³-hybridized carbons (Fsp3) is 0.256. The number of amides is 4. The number of imide groups is 2. The van der Waals surface area contributed by atoms with Gasteiger partial charge in [0.25, 0.3) is 17.5 Å². The maximum absolute atomic E-state index is 15.3. The minimum absolute atomic E-state index is 0.0597. The molecule has 1 aromatic heterocycles. The van der Waals surface area contributed by atoms with Crippen LogP contribution >= 0.6 is 23.2 Å². The molecule has 6 atom stereocenters. The van der Waals surface area contributed by atoms with Crippen molar-refractivity contribution in [2.24, 2.45) is 23.7 Å². The number of hydrogen-bond acceptors (Lipinski definition) is 9. The highest BCUT2D eigenvalue weighted by molar-refractivity contribution is 6.33. The third kappa shape index (κ3) is 5.46. The van der Waals surface area contributed by atoms with Gasteiger partial charge in [0.15, 0.2) is 5.82 Å². The van der Waals surface area contributed by atoms with Crippen LogP contribution in [0.5, 0.6) is 5.75 Å². The van der Waals surface area contributed by atoms with Crippen LogP contribution in [0.15, 0.2) is 90.6 Å². The number of halogens is 5. The van der Waals surface area contributed by atoms with Crippen molar-refractivity contribution in [3.05, 3.63) is 133 Å². The van der Waals surface area contributed by atoms with E-state index in [-0.39, 0.29) is 35.5 Å². The van der Waals surface area contributed by atoms with E-state index in [0.29, 0.717) is 39.0 Å². The molecule has 0 bridgehead atoms. The van der Waals surface area contributed by atoms with E-state index in [1.807, 2.05) is 0 Å². The molecule has 2 aliphatic carbocycles. The summed E-state index contributed by atoms with van der Waals surface area (Å²) in [6, 6.07) is 16.8. The lowest BCUT2D eigenvalue weighted by Crippen LogP contribution is -2.53. The molecule has 4 aliphatic rings. The fourth-order valence-corrected chi connectivity index (χ4v) is 9.35. The number of carbonyl (C=O) groups excluding carboxylic acids is 4. The second-order valence-corrected chi connectivity index (χ2v) is 15.1. The standard InChI is InChI=1S/C39H28Cl2F3N5O7/c1-18-3-2-4-26(32(18)50)31-24-13-14-25-30(36(53)47(34(25)51)22-9-11-23(12-10-22)49(55)56)27(24)16-28-35(52)48(37(54)38(28,31)19-5-7-21(40)8-6-19)46-33-29(41)15-20(17-45-33)39(42,43)44/h2-13,15,17,25,27-28,30-31,50H,14,16H2,1H3,(H,45,46)/t25-,27+,28-,30-,31+,38+/m0/s1. The SMILES string of the molecule is Cc1cccc([C@H]2C3=CC[C@@H]4C(=O)N(c5ccc([N+](=O)[O-])cc5)C(=O)[C@@H]4[C@@H]3C[C@H]3C(=O)N(Nc4ncc(C(F)(F)F)cc4Cl)C(=O)[C@@]23c2ccc(Cl)cc2)c1O. The number of non-ortho nitro benzene ring substituents is 1. The second kappa shape index (κ2) is 13.2. The molecule has 0 radical (unpaired) electrons. The number of nitro benzene ring substituents is 1. The van der Waals surface area contributed by atoms with Crippen LogP contribution in [0.4, 0.5) is 30.4 Å². The molecule has 4 aromatic rings. The maximum atomic E-state index is 15.3. The van der Waals surface area contributed by atoms with Gasteiger partial charge in [-0.25, -0.2) is 4.98 Å². The summed E-state index contributed by atoms with van der Waals surface area (Å²) < 4.78 is 40.4. The van der Waals surface area contributed by atoms with Gasteiger partial charge in [0.1, 0.15) is 5.75 Å². The van der Waals surface area contributed by atoms with Crippen molar-refractivity contribution in [3.8, 4) is 5.75 Å². The Hall–Kier alpha value is -5.80. The van der Waals surface area contributed by atoms with Gasteiger partial charge in [-0.15, -0.1) is 0 Å². The minimum atomic E-state index is -4.78. The average Bonchev–Trinajstić information content (AvgIpc) is 3.54. The van der Waals surface area contributed by atoms with Crippen molar-refractivity contribution in [2.45, 2.75) is 37.3 Å². The molecule has 3 heterocycles. The van der Waals surface area contributed by atoms with Crippen LogP contribution in [-0.2, 0) is 30.8 Å². The number of nitrogens with zero attached hydrogens (tertiary/aromatic N) is 4. The molecular weight excluding hydrogens is 778 g/mol. The van der Waals surface area contributed by atoms with Crippen molar-refractivity contribution < 1.29 is 42.4 Å². The van der Waals surface area contributed by atoms with Crippen LogP contribution in [0.2, 0.25) is 10.0 Å². The topological polar surface area (TPSA) is 163 Å². The van der Waals surface area contributed by atoms with Gasteiger partial charge < -0.3 is 5.11 Å². The summed E-state index contributed by atoms with van der Waals surface area (Å²) >= 11 is 12.5. The zero-order valence-corrected chi connectivity index (χ0v) is 30.5. The van der Waals surface area contributed by atoms with Gasteiger partial charge in [-0.3, -0.25) is 39.6 Å². The first-order chi connectivity index (χ1) is 26.5. The number of fused-ring (bicyclic) bond motifs is 4. The number of aromatic nitrogens is 1. The second-order valence-electron chi connectivity index (χ2n) is 14.2. The molecule has 3 fully saturated rings. The molecule has 0 spiro atoms. The van der Waals surface area contributed by atoms with Crippen molar-refractivity contribution >= 4 is 64.0 Å². The quantitative estimate of drug-likeness (QED) is 0.0869. The van der Waals surface area contributed by atoms with Crippen molar-refractivity contribution in [3.63, 3.8) is 0 Å². The summed E-state index contributed by atoms with van der Waals surface area (Å²) in [5, 5.41) is 23.5. The summed E-state index contributed by atoms with van der Waals surface area (Å²) in [6.45, 7) is 1.66. The summed E-state index contributed by atoms with van der Waals surface area (Å²) in [6.07, 6.45) is -2.57. The molecule has 4 amide bonds. The van der Waals surface area contributed by atoms with Crippen LogP contribution in [0, 0.1) is 40.7 Å². The average molecular weight is 807 g/mol. The number of phenols is 1. The Labute approximate surface area is 325 Å². The van der Waals surface area contributed by atoms with Gasteiger partial charge in [0.2, 0.25) is 11.8 Å². The number of anilines is 2. The van der Waals surface area contributed by atoms with Gasteiger partial charge in [-0.05, 0) is 67.1 Å². The number of phenolic OH excluding ortho intramolecular Hbond substituents is 1. The summed E-state index contributed by atoms with van der Waals surface area (Å²) in [5.41, 5.74) is 1.03. The third-order valence-corrected chi connectivity index (χ3v) is 12.0. The van der Waals surface area contributed by atoms with Crippen LogP contribution in [0.3, 0.4) is 0 Å². The number of nitro groups is 1. The number of aromatic hydroxyl groups is 1. The van der Waals surface area contributed by atoms with Crippen LogP contribution in [0.25, 0.3) is 0 Å². The van der Waals surface area contributed by atoms with E-state index in [0.717, 1.165) is 4.90 Å². The van der Waals surface area contributed by atoms with Crippen LogP contribution in [0.1, 0.15) is 41.0 Å². The minimum Gasteiger partial charge on any atom is -0.507 e. The molecule has 2 N–H and O–H groups in total. The zero-order valence-electron chi connectivity index (χ0n) is 29.0. The molecule has 0 unspecified atom stereocenters. The Balaban J connectivity index is 1.30. The molecular formula is C39H28Cl2F3N5O7. The zero-order chi connectivity index (χ0) is 40.0. The molecule has 56 heavy (non-hydrogen) atoms. The summed E-state index contributed by atoms with van der Waals surface area (Å²) in [5.74, 6) is -8.48. The Bertz CT molecular complexity index is 2410. The number of hydrazine groups is 1. The van der Waals surface area contributed by atoms with Gasteiger partial charge in [-0.2, -0.15) is 18.2 Å². The van der Waals surface area contributed by atoms with E-state index in [1.165, 1.54) is 36.4 Å². The molecule has 2 saturated heterocycles. The Morgan fingerprint density at radius 2 is 1.66 bits per heavy atom. The number of hydrogen-bond donors (Lipinski definition) is 2. The van der Waals surface area contributed by atoms with E-state index < -0.39 is 86.1 Å². The first-order valence-corrected chi connectivity index (χ1v) is 18.1. The van der Waals surface area contributed by atoms with E-state index in [9.17, 15) is 42.8 Å². The number of pyridine rings is 1. The molecule has 17 heteroatoms. The Morgan fingerprint density at radius 3 is 2.30 bits per heavy atom. The first-order valence-electron chi connectivity index (χ1n) is 17.3. The molecule has 3 aromatic carbocycles. The Morgan fingerprint density at radius 1 is 0.964 bits per heavy atom. The van der Waals surface area contributed by atoms with Gasteiger partial charge in [-0.1, -0.05) is 65.2 Å². The van der Waals surface area contributed by atoms with E-state index in [2.05, 4.69) is 10.4 Å². The van der Waals surface area contributed by atoms with Gasteiger partial charge in [0, 0.05) is 34.8 Å². The lowest BCUT2D eigenvalue weighted by molar-refractivity contribution is -0.384. The number of aryl methyl sites for hydroxylation is 1. The largest absolute Gasteiger partial charge is 0.507 e. The molecule has 1 saturated carbocycles. The number of carbonyl (C=O) groups is 4. The third-order valence-electron chi connectivity index (χ3n) is 11.5. The van der Waals surface area contributed by atoms with Gasteiger partial charge >= 0.3 is 6.18 Å². The first kappa shape index (κ1) is 37.1. The smallest absolute Gasteiger partial charge is 0.417 e. The molecule has 12 nitrogen and oxygen atoms in total. The number of para-hydroxylation sites is 1. The lowest BCUT2D eigenvalue weighted by atomic mass is 9.49. The molecule has 286 valence electrons. The van der Waals surface area contributed by atoms with Crippen molar-refractivity contribution in [1.82, 2.24) is 9.99 Å². The Kier molecular flexibility index (Phi) is 8.73. The van der Waals surface area contributed by atoms with Crippen LogP contribution < -0.4 is 10.3 Å². The number of rotatable bonds is 6. The highest BCUT2D eigenvalue weighted by atomic mass is 35.5. The van der Waals surface area contributed by atoms with Gasteiger partial charge in [0.05, 0.1) is 44.4 Å². The van der Waals surface area contributed by atoms with E-state index >= 15 is 4.79 Å². The summed E-state index contributed by atoms with van der Waals surface area (Å²) in [4.78, 5) is 74.0. The van der Waals surface area contributed by atoms with Crippen LogP contribution in [-0.4, -0.2) is 43.7 Å². The van der Waals surface area contributed by atoms with E-state index in [1.54, 1.807) is 43.3 Å². The van der Waals surface area contributed by atoms with E-state index in [4.69, 9.17) is 23.2 Å². The fourth-order valence-electron chi connectivity index (χ4n) is 9.02.